The predicted octanol–water partition coefficient (Wildman–Crippen LogP) is 2.00. The number of esters is 1. The van der Waals surface area contributed by atoms with E-state index in [1.807, 2.05) is 38.1 Å². The highest BCUT2D eigenvalue weighted by Crippen LogP contribution is 2.08. The largest absolute Gasteiger partial charge is 0.469 e. The lowest BCUT2D eigenvalue weighted by molar-refractivity contribution is -0.141. The smallest absolute Gasteiger partial charge is 0.307 e. The van der Waals surface area contributed by atoms with Crippen molar-refractivity contribution >= 4 is 11.9 Å². The molecule has 4 nitrogen and oxygen atoms in total. The number of benzene rings is 1. The van der Waals surface area contributed by atoms with E-state index >= 15 is 0 Å². The Balaban J connectivity index is 2.54. The number of hydrogen-bond donors (Lipinski definition) is 1. The van der Waals surface area contributed by atoms with E-state index in [-0.39, 0.29) is 24.3 Å². The maximum absolute atomic E-state index is 11.9. The van der Waals surface area contributed by atoms with Gasteiger partial charge >= 0.3 is 5.97 Å². The van der Waals surface area contributed by atoms with Crippen molar-refractivity contribution in [2.45, 2.75) is 39.2 Å². The summed E-state index contributed by atoms with van der Waals surface area (Å²) in [6, 6.07) is 7.62. The molecule has 1 unspecified atom stereocenters. The van der Waals surface area contributed by atoms with E-state index in [4.69, 9.17) is 0 Å². The lowest BCUT2D eigenvalue weighted by atomic mass is 10.0. The van der Waals surface area contributed by atoms with Crippen LogP contribution < -0.4 is 5.32 Å². The molecule has 1 N–H and O–H groups in total. The number of hydrogen-bond acceptors (Lipinski definition) is 3. The number of carbonyl (C=O) groups is 2. The van der Waals surface area contributed by atoms with Gasteiger partial charge < -0.3 is 10.1 Å². The van der Waals surface area contributed by atoms with Crippen LogP contribution in [0.1, 0.15) is 30.9 Å². The van der Waals surface area contributed by atoms with E-state index in [9.17, 15) is 9.59 Å². The summed E-state index contributed by atoms with van der Waals surface area (Å²) >= 11 is 0. The minimum absolute atomic E-state index is 0.0648. The molecule has 0 aliphatic heterocycles. The first-order valence-corrected chi connectivity index (χ1v) is 6.47. The van der Waals surface area contributed by atoms with Gasteiger partial charge in [-0.25, -0.2) is 0 Å². The topological polar surface area (TPSA) is 55.4 Å². The highest BCUT2D eigenvalue weighted by Gasteiger charge is 2.15. The molecule has 0 heterocycles. The zero-order valence-electron chi connectivity index (χ0n) is 11.7. The minimum atomic E-state index is -0.303. The van der Waals surface area contributed by atoms with Crippen molar-refractivity contribution in [2.24, 2.45) is 0 Å². The summed E-state index contributed by atoms with van der Waals surface area (Å²) < 4.78 is 4.61. The van der Waals surface area contributed by atoms with Crippen LogP contribution in [-0.4, -0.2) is 25.0 Å². The van der Waals surface area contributed by atoms with Gasteiger partial charge in [0.05, 0.1) is 20.0 Å². The first-order valence-electron chi connectivity index (χ1n) is 6.47. The summed E-state index contributed by atoms with van der Waals surface area (Å²) in [5.74, 6) is -0.368. The Morgan fingerprint density at radius 1 is 1.32 bits per heavy atom. The molecular formula is C15H21NO3. The number of carbonyl (C=O) groups excluding carboxylic acids is 2. The monoisotopic (exact) mass is 263 g/mol. The van der Waals surface area contributed by atoms with Gasteiger partial charge in [-0.2, -0.15) is 0 Å². The van der Waals surface area contributed by atoms with Gasteiger partial charge in [0, 0.05) is 6.04 Å². The Morgan fingerprint density at radius 2 is 2.00 bits per heavy atom. The fourth-order valence-electron chi connectivity index (χ4n) is 1.84. The Labute approximate surface area is 114 Å². The molecule has 1 aromatic carbocycles. The van der Waals surface area contributed by atoms with Crippen molar-refractivity contribution in [3.05, 3.63) is 35.4 Å². The number of nitrogens with one attached hydrogen (secondary N) is 1. The molecule has 1 amide bonds. The molecule has 1 aromatic rings. The van der Waals surface area contributed by atoms with E-state index in [0.717, 1.165) is 11.1 Å². The second-order valence-corrected chi connectivity index (χ2v) is 4.56. The molecule has 0 spiro atoms. The zero-order valence-corrected chi connectivity index (χ0v) is 11.7. The fourth-order valence-corrected chi connectivity index (χ4v) is 1.84. The van der Waals surface area contributed by atoms with Crippen molar-refractivity contribution in [2.75, 3.05) is 7.11 Å². The van der Waals surface area contributed by atoms with E-state index < -0.39 is 0 Å². The number of amides is 1. The number of rotatable bonds is 6. The van der Waals surface area contributed by atoms with Crippen LogP contribution in [0.5, 0.6) is 0 Å². The molecule has 0 fully saturated rings. The third-order valence-corrected chi connectivity index (χ3v) is 3.11. The Bertz CT molecular complexity index is 443. The van der Waals surface area contributed by atoms with Crippen molar-refractivity contribution in [1.82, 2.24) is 5.32 Å². The number of ether oxygens (including phenoxy) is 1. The fraction of sp³-hybridized carbons (Fsp3) is 0.467. The van der Waals surface area contributed by atoms with Crippen LogP contribution >= 0.6 is 0 Å². The lowest BCUT2D eigenvalue weighted by Crippen LogP contribution is -2.37. The molecular weight excluding hydrogens is 242 g/mol. The van der Waals surface area contributed by atoms with Crippen molar-refractivity contribution < 1.29 is 14.3 Å². The third kappa shape index (κ3) is 5.12. The van der Waals surface area contributed by atoms with Crippen molar-refractivity contribution in [3.63, 3.8) is 0 Å². The molecule has 0 saturated heterocycles. The van der Waals surface area contributed by atoms with Gasteiger partial charge in [-0.3, -0.25) is 9.59 Å². The second-order valence-electron chi connectivity index (χ2n) is 4.56. The lowest BCUT2D eigenvalue weighted by Gasteiger charge is -2.16. The maximum Gasteiger partial charge on any atom is 0.307 e. The maximum atomic E-state index is 11.9. The summed E-state index contributed by atoms with van der Waals surface area (Å²) in [5.41, 5.74) is 2.10. The average Bonchev–Trinajstić information content (AvgIpc) is 2.40. The average molecular weight is 263 g/mol. The van der Waals surface area contributed by atoms with Gasteiger partial charge in [0.2, 0.25) is 5.91 Å². The predicted molar refractivity (Wildman–Crippen MR) is 73.7 cm³/mol. The van der Waals surface area contributed by atoms with Gasteiger partial charge in [-0.15, -0.1) is 0 Å². The Hall–Kier alpha value is -1.84. The summed E-state index contributed by atoms with van der Waals surface area (Å²) in [5, 5.41) is 2.87. The SMILES string of the molecule is CCC(CC(=O)OC)NC(=O)Cc1ccccc1C. The molecule has 104 valence electrons. The van der Waals surface area contributed by atoms with Crippen LogP contribution in [0.25, 0.3) is 0 Å². The number of aryl methyl sites for hydroxylation is 1. The molecule has 0 saturated carbocycles. The van der Waals surface area contributed by atoms with Gasteiger partial charge in [-0.05, 0) is 24.5 Å². The highest BCUT2D eigenvalue weighted by molar-refractivity contribution is 5.80. The molecule has 1 atom stereocenters. The van der Waals surface area contributed by atoms with Gasteiger partial charge in [0.25, 0.3) is 0 Å². The molecule has 19 heavy (non-hydrogen) atoms. The van der Waals surface area contributed by atoms with E-state index in [2.05, 4.69) is 10.1 Å². The van der Waals surface area contributed by atoms with E-state index in [1.54, 1.807) is 0 Å². The Morgan fingerprint density at radius 3 is 2.58 bits per heavy atom. The van der Waals surface area contributed by atoms with Crippen LogP contribution in [0, 0.1) is 6.92 Å². The number of methoxy groups -OCH3 is 1. The van der Waals surface area contributed by atoms with Crippen LogP contribution in [0.15, 0.2) is 24.3 Å². The quantitative estimate of drug-likeness (QED) is 0.799. The second kappa shape index (κ2) is 7.56. The van der Waals surface area contributed by atoms with Crippen LogP contribution in [-0.2, 0) is 20.7 Å². The van der Waals surface area contributed by atoms with Crippen molar-refractivity contribution in [3.8, 4) is 0 Å². The normalized spacial score (nSPS) is 11.7. The van der Waals surface area contributed by atoms with Crippen molar-refractivity contribution in [1.29, 1.82) is 0 Å². The first kappa shape index (κ1) is 15.2. The molecule has 0 aromatic heterocycles. The van der Waals surface area contributed by atoms with E-state index in [1.165, 1.54) is 7.11 Å². The zero-order chi connectivity index (χ0) is 14.3. The van der Waals surface area contributed by atoms with Crippen LogP contribution in [0.3, 0.4) is 0 Å². The summed E-state index contributed by atoms with van der Waals surface area (Å²) in [6.07, 6.45) is 1.26. The molecule has 0 aliphatic rings. The van der Waals surface area contributed by atoms with Crippen LogP contribution in [0.2, 0.25) is 0 Å². The van der Waals surface area contributed by atoms with Gasteiger partial charge in [-0.1, -0.05) is 31.2 Å². The molecule has 0 bridgehead atoms. The van der Waals surface area contributed by atoms with E-state index in [0.29, 0.717) is 12.8 Å². The standard InChI is InChI=1S/C15H21NO3/c1-4-13(10-15(18)19-3)16-14(17)9-12-8-6-5-7-11(12)2/h5-8,13H,4,9-10H2,1-3H3,(H,16,17). The Kier molecular flexibility index (Phi) is 6.06. The van der Waals surface area contributed by atoms with Gasteiger partial charge in [0.1, 0.15) is 0 Å². The highest BCUT2D eigenvalue weighted by atomic mass is 16.5. The molecule has 4 heteroatoms. The molecule has 0 aliphatic carbocycles. The molecule has 0 radical (unpaired) electrons. The summed E-state index contributed by atoms with van der Waals surface area (Å²) in [4.78, 5) is 23.1. The summed E-state index contributed by atoms with van der Waals surface area (Å²) in [6.45, 7) is 3.91. The minimum Gasteiger partial charge on any atom is -0.469 e. The third-order valence-electron chi connectivity index (χ3n) is 3.11. The van der Waals surface area contributed by atoms with Gasteiger partial charge in [0.15, 0.2) is 0 Å². The molecule has 1 rings (SSSR count). The summed E-state index contributed by atoms with van der Waals surface area (Å²) in [7, 11) is 1.35. The first-order chi connectivity index (χ1) is 9.06. The van der Waals surface area contributed by atoms with Crippen LogP contribution in [0.4, 0.5) is 0 Å².